The molecule has 4 aliphatic rings. The van der Waals surface area contributed by atoms with Crippen molar-refractivity contribution in [2.45, 2.75) is 64.9 Å². The summed E-state index contributed by atoms with van der Waals surface area (Å²) in [6, 6.07) is 6.43. The number of fused-ring (bicyclic) bond motifs is 5. The highest BCUT2D eigenvalue weighted by molar-refractivity contribution is 6.05. The van der Waals surface area contributed by atoms with Crippen molar-refractivity contribution in [2.24, 2.45) is 28.6 Å². The van der Waals surface area contributed by atoms with Gasteiger partial charge in [-0.25, -0.2) is 4.39 Å². The first-order valence-corrected chi connectivity index (χ1v) is 11.2. The average Bonchev–Trinajstić information content (AvgIpc) is 2.95. The van der Waals surface area contributed by atoms with Crippen LogP contribution in [0.4, 0.5) is 4.39 Å². The largest absolute Gasteiger partial charge is 0.393 e. The zero-order valence-electron chi connectivity index (χ0n) is 17.5. The first-order chi connectivity index (χ1) is 13.8. The molecule has 1 N–H and O–H groups in total. The van der Waals surface area contributed by atoms with Crippen LogP contribution in [0.3, 0.4) is 0 Å². The molecule has 1 aromatic rings. The second kappa shape index (κ2) is 6.63. The fourth-order valence-electron chi connectivity index (χ4n) is 7.20. The molecule has 0 heterocycles. The number of rotatable bonds is 1. The summed E-state index contributed by atoms with van der Waals surface area (Å²) < 4.78 is 13.3. The van der Waals surface area contributed by atoms with E-state index < -0.39 is 0 Å². The van der Waals surface area contributed by atoms with Gasteiger partial charge in [-0.05, 0) is 97.5 Å². The number of Topliss-reactive ketones (excluding diaryl/α,β-unsaturated/α-hetero) is 1. The number of aliphatic hydroxyl groups is 1. The van der Waals surface area contributed by atoms with Crippen molar-refractivity contribution in [2.75, 3.05) is 0 Å². The van der Waals surface area contributed by atoms with E-state index in [0.717, 1.165) is 56.1 Å². The number of hydrogen-bond donors (Lipinski definition) is 1. The van der Waals surface area contributed by atoms with Crippen molar-refractivity contribution in [1.82, 2.24) is 0 Å². The molecule has 3 heteroatoms. The van der Waals surface area contributed by atoms with Gasteiger partial charge in [0.05, 0.1) is 6.10 Å². The van der Waals surface area contributed by atoms with Gasteiger partial charge < -0.3 is 5.11 Å². The van der Waals surface area contributed by atoms with Gasteiger partial charge in [0.2, 0.25) is 0 Å². The molecule has 0 saturated heterocycles. The molecule has 29 heavy (non-hydrogen) atoms. The molecule has 3 fully saturated rings. The first-order valence-electron chi connectivity index (χ1n) is 11.2. The molecule has 0 radical (unpaired) electrons. The van der Waals surface area contributed by atoms with E-state index >= 15 is 0 Å². The minimum atomic E-state index is -0.261. The van der Waals surface area contributed by atoms with Gasteiger partial charge in [0.15, 0.2) is 5.78 Å². The van der Waals surface area contributed by atoms with E-state index in [4.69, 9.17) is 0 Å². The molecule has 0 aromatic heterocycles. The minimum absolute atomic E-state index is 0.182. The molecular formula is C26H31FO2. The third-order valence-corrected chi connectivity index (χ3v) is 8.93. The number of halogens is 1. The van der Waals surface area contributed by atoms with Crippen LogP contribution in [-0.4, -0.2) is 17.0 Å². The highest BCUT2D eigenvalue weighted by Crippen LogP contribution is 2.64. The van der Waals surface area contributed by atoms with Gasteiger partial charge >= 0.3 is 0 Å². The van der Waals surface area contributed by atoms with Crippen LogP contribution >= 0.6 is 0 Å². The van der Waals surface area contributed by atoms with Crippen LogP contribution in [0.2, 0.25) is 0 Å². The molecular weight excluding hydrogens is 363 g/mol. The third-order valence-electron chi connectivity index (χ3n) is 8.93. The Bertz CT molecular complexity index is 898. The lowest BCUT2D eigenvalue weighted by atomic mass is 9.48. The van der Waals surface area contributed by atoms with Crippen LogP contribution in [-0.2, 0) is 4.79 Å². The van der Waals surface area contributed by atoms with Crippen LogP contribution in [0.25, 0.3) is 6.08 Å². The van der Waals surface area contributed by atoms with E-state index in [9.17, 15) is 14.3 Å². The van der Waals surface area contributed by atoms with Crippen LogP contribution < -0.4 is 0 Å². The highest BCUT2D eigenvalue weighted by atomic mass is 19.1. The number of aliphatic hydroxyl groups excluding tert-OH is 1. The molecule has 4 aliphatic carbocycles. The van der Waals surface area contributed by atoms with Gasteiger partial charge in [0.25, 0.3) is 0 Å². The summed E-state index contributed by atoms with van der Waals surface area (Å²) >= 11 is 0. The van der Waals surface area contributed by atoms with E-state index in [1.54, 1.807) is 12.1 Å². The summed E-state index contributed by atoms with van der Waals surface area (Å²) in [5.41, 5.74) is 3.22. The van der Waals surface area contributed by atoms with E-state index in [-0.39, 0.29) is 22.8 Å². The SMILES string of the molecule is C[C@]12CC[C@H]3[C@@H](CC=C4C[C@@H](O)CC[C@]43C)[C@H]1CC(=Cc1ccc(F)cc1)C2=O. The van der Waals surface area contributed by atoms with Crippen LogP contribution in [0, 0.1) is 34.4 Å². The predicted octanol–water partition coefficient (Wildman–Crippen LogP) is 5.71. The number of benzene rings is 1. The van der Waals surface area contributed by atoms with Crippen LogP contribution in [0.15, 0.2) is 41.5 Å². The summed E-state index contributed by atoms with van der Waals surface area (Å²) in [6.07, 6.45) is 11.0. The quantitative estimate of drug-likeness (QED) is 0.489. The summed E-state index contributed by atoms with van der Waals surface area (Å²) in [5, 5.41) is 10.2. The lowest BCUT2D eigenvalue weighted by molar-refractivity contribution is -0.130. The number of carbonyl (C=O) groups excluding carboxylic acids is 1. The Morgan fingerprint density at radius 2 is 1.76 bits per heavy atom. The average molecular weight is 395 g/mol. The molecule has 0 spiro atoms. The van der Waals surface area contributed by atoms with Crippen molar-refractivity contribution in [3.8, 4) is 0 Å². The number of carbonyl (C=O) groups is 1. The lowest BCUT2D eigenvalue weighted by Crippen LogP contribution is -2.50. The normalized spacial score (nSPS) is 42.8. The maximum absolute atomic E-state index is 13.4. The Balaban J connectivity index is 1.47. The van der Waals surface area contributed by atoms with Crippen molar-refractivity contribution in [3.05, 3.63) is 52.9 Å². The van der Waals surface area contributed by atoms with Crippen molar-refractivity contribution < 1.29 is 14.3 Å². The Morgan fingerprint density at radius 3 is 2.52 bits per heavy atom. The summed E-state index contributed by atoms with van der Waals surface area (Å²) in [6.45, 7) is 4.60. The number of hydrogen-bond acceptors (Lipinski definition) is 2. The van der Waals surface area contributed by atoms with Crippen LogP contribution in [0.1, 0.15) is 64.4 Å². The monoisotopic (exact) mass is 394 g/mol. The van der Waals surface area contributed by atoms with Crippen molar-refractivity contribution in [3.63, 3.8) is 0 Å². The van der Waals surface area contributed by atoms with Gasteiger partial charge in [0, 0.05) is 5.41 Å². The molecule has 0 amide bonds. The Labute approximate surface area is 172 Å². The fraction of sp³-hybridized carbons (Fsp3) is 0.577. The second-order valence-corrected chi connectivity index (χ2v) is 10.4. The minimum Gasteiger partial charge on any atom is -0.393 e. The van der Waals surface area contributed by atoms with E-state index in [0.29, 0.717) is 23.5 Å². The Kier molecular flexibility index (Phi) is 4.40. The summed E-state index contributed by atoms with van der Waals surface area (Å²) in [4.78, 5) is 13.4. The van der Waals surface area contributed by atoms with Gasteiger partial charge in [-0.2, -0.15) is 0 Å². The molecule has 1 aromatic carbocycles. The first kappa shape index (κ1) is 19.2. The van der Waals surface area contributed by atoms with Crippen LogP contribution in [0.5, 0.6) is 0 Å². The smallest absolute Gasteiger partial charge is 0.165 e. The molecule has 3 saturated carbocycles. The lowest BCUT2D eigenvalue weighted by Gasteiger charge is -2.56. The van der Waals surface area contributed by atoms with E-state index in [2.05, 4.69) is 19.9 Å². The molecule has 0 aliphatic heterocycles. The zero-order chi connectivity index (χ0) is 20.4. The molecule has 0 bridgehead atoms. The summed E-state index contributed by atoms with van der Waals surface area (Å²) in [7, 11) is 0. The summed E-state index contributed by atoms with van der Waals surface area (Å²) in [5.74, 6) is 1.61. The number of allylic oxidation sites excluding steroid dienone is 2. The number of ketones is 1. The van der Waals surface area contributed by atoms with E-state index in [1.165, 1.54) is 17.7 Å². The third kappa shape index (κ3) is 2.88. The predicted molar refractivity (Wildman–Crippen MR) is 112 cm³/mol. The van der Waals surface area contributed by atoms with Gasteiger partial charge in [0.1, 0.15) is 5.82 Å². The van der Waals surface area contributed by atoms with Crippen molar-refractivity contribution in [1.29, 1.82) is 0 Å². The van der Waals surface area contributed by atoms with Gasteiger partial charge in [-0.1, -0.05) is 37.6 Å². The Morgan fingerprint density at radius 1 is 1.03 bits per heavy atom. The molecule has 154 valence electrons. The molecule has 6 atom stereocenters. The fourth-order valence-corrected chi connectivity index (χ4v) is 7.20. The molecule has 0 unspecified atom stereocenters. The highest BCUT2D eigenvalue weighted by Gasteiger charge is 2.59. The zero-order valence-corrected chi connectivity index (χ0v) is 17.5. The standard InChI is InChI=1S/C26H31FO2/c1-25-11-9-20(28)15-18(25)5-8-21-22(25)10-12-26(2)23(21)14-17(24(26)29)13-16-3-6-19(27)7-4-16/h3-7,13,20-23,28H,8-12,14-15H2,1-2H3/t20-,21+,22-,23+,25+,26-/m0/s1. The topological polar surface area (TPSA) is 37.3 Å². The van der Waals surface area contributed by atoms with Gasteiger partial charge in [-0.15, -0.1) is 0 Å². The van der Waals surface area contributed by atoms with E-state index in [1.807, 2.05) is 6.08 Å². The molecule has 2 nitrogen and oxygen atoms in total. The van der Waals surface area contributed by atoms with Crippen molar-refractivity contribution >= 4 is 11.9 Å². The molecule has 5 rings (SSSR count). The van der Waals surface area contributed by atoms with Gasteiger partial charge in [-0.3, -0.25) is 4.79 Å². The Hall–Kier alpha value is -1.74. The maximum atomic E-state index is 13.4. The second-order valence-electron chi connectivity index (χ2n) is 10.4. The maximum Gasteiger partial charge on any atom is 0.165 e.